The number of carbonyl (C=O) groups excluding carboxylic acids is 3. The molecule has 6 heteroatoms. The van der Waals surface area contributed by atoms with Crippen LogP contribution < -0.4 is 0 Å². The van der Waals surface area contributed by atoms with Crippen molar-refractivity contribution >= 4 is 17.9 Å². The van der Waals surface area contributed by atoms with E-state index in [1.54, 1.807) is 0 Å². The molecule has 0 saturated carbocycles. The quantitative estimate of drug-likeness (QED) is 0.0348. The van der Waals surface area contributed by atoms with Crippen molar-refractivity contribution in [1.29, 1.82) is 0 Å². The molecule has 0 N–H and O–H groups in total. The minimum absolute atomic E-state index is 0.0640. The minimum Gasteiger partial charge on any atom is -0.462 e. The maximum Gasteiger partial charge on any atom is 0.306 e. The minimum atomic E-state index is -0.759. The van der Waals surface area contributed by atoms with Crippen LogP contribution in [-0.2, 0) is 28.6 Å². The lowest BCUT2D eigenvalue weighted by atomic mass is 10.0. The Balaban J connectivity index is 4.20. The van der Waals surface area contributed by atoms with Crippen LogP contribution in [0, 0.1) is 5.92 Å². The van der Waals surface area contributed by atoms with Crippen LogP contribution in [0.3, 0.4) is 0 Å². The fourth-order valence-electron chi connectivity index (χ4n) is 7.33. The fraction of sp³-hybridized carbons (Fsp3) is 0.939. The van der Waals surface area contributed by atoms with E-state index in [9.17, 15) is 14.4 Å². The summed E-state index contributed by atoms with van der Waals surface area (Å²) in [6.07, 6.45) is 43.9. The second-order valence-electron chi connectivity index (χ2n) is 17.2. The van der Waals surface area contributed by atoms with Gasteiger partial charge in [0.25, 0.3) is 0 Å². The van der Waals surface area contributed by atoms with Crippen molar-refractivity contribution in [3.8, 4) is 0 Å². The second kappa shape index (κ2) is 43.5. The Bertz CT molecular complexity index is 826. The van der Waals surface area contributed by atoms with Gasteiger partial charge >= 0.3 is 17.9 Å². The van der Waals surface area contributed by atoms with Crippen LogP contribution in [0.25, 0.3) is 0 Å². The van der Waals surface area contributed by atoms with Crippen molar-refractivity contribution < 1.29 is 28.6 Å². The zero-order chi connectivity index (χ0) is 40.3. The second-order valence-corrected chi connectivity index (χ2v) is 17.2. The molecule has 1 atom stereocenters. The Morgan fingerprint density at radius 1 is 0.345 bits per heavy atom. The summed E-state index contributed by atoms with van der Waals surface area (Å²) in [6.45, 7) is 8.94. The Kier molecular flexibility index (Phi) is 42.3. The third-order valence-electron chi connectivity index (χ3n) is 11.0. The number of esters is 3. The van der Waals surface area contributed by atoms with Crippen molar-refractivity contribution in [1.82, 2.24) is 0 Å². The van der Waals surface area contributed by atoms with Gasteiger partial charge in [0.1, 0.15) is 13.2 Å². The number of unbranched alkanes of at least 4 members (excludes halogenated alkanes) is 31. The molecule has 0 bridgehead atoms. The molecule has 0 saturated heterocycles. The van der Waals surface area contributed by atoms with E-state index in [0.717, 1.165) is 63.7 Å². The lowest BCUT2D eigenvalue weighted by Crippen LogP contribution is -2.30. The molecular formula is C49H94O6. The largest absolute Gasteiger partial charge is 0.462 e. The van der Waals surface area contributed by atoms with Gasteiger partial charge in [0, 0.05) is 19.3 Å². The van der Waals surface area contributed by atoms with Gasteiger partial charge in [-0.2, -0.15) is 0 Å². The van der Waals surface area contributed by atoms with Gasteiger partial charge in [-0.05, 0) is 25.2 Å². The van der Waals surface area contributed by atoms with Gasteiger partial charge in [-0.3, -0.25) is 14.4 Å². The highest BCUT2D eigenvalue weighted by molar-refractivity contribution is 5.71. The summed E-state index contributed by atoms with van der Waals surface area (Å²) in [4.78, 5) is 37.7. The van der Waals surface area contributed by atoms with Gasteiger partial charge in [-0.15, -0.1) is 0 Å². The molecule has 326 valence electrons. The van der Waals surface area contributed by atoms with Crippen LogP contribution in [0.15, 0.2) is 0 Å². The zero-order valence-electron chi connectivity index (χ0n) is 37.4. The van der Waals surface area contributed by atoms with E-state index in [-0.39, 0.29) is 31.1 Å². The van der Waals surface area contributed by atoms with Gasteiger partial charge in [0.05, 0.1) is 0 Å². The van der Waals surface area contributed by atoms with Crippen molar-refractivity contribution in [2.45, 2.75) is 278 Å². The standard InChI is InChI=1S/C49H94O6/c1-5-7-9-11-13-15-16-17-18-19-20-21-22-23-25-28-32-36-40-47(50)53-43-46(55-49(52)42-38-34-29-24-14-12-10-8-6-2)44-54-48(51)41-37-33-30-26-27-31-35-39-45(3)4/h45-46H,5-44H2,1-4H3/t46-/m0/s1. The number of rotatable bonds is 44. The van der Waals surface area contributed by atoms with Gasteiger partial charge in [0.15, 0.2) is 6.10 Å². The van der Waals surface area contributed by atoms with E-state index in [1.807, 2.05) is 0 Å². The molecule has 0 aliphatic carbocycles. The summed E-state index contributed by atoms with van der Waals surface area (Å²) in [6, 6.07) is 0. The van der Waals surface area contributed by atoms with E-state index in [2.05, 4.69) is 27.7 Å². The maximum atomic E-state index is 12.7. The summed E-state index contributed by atoms with van der Waals surface area (Å²) in [7, 11) is 0. The van der Waals surface area contributed by atoms with Crippen molar-refractivity contribution in [2.75, 3.05) is 13.2 Å². The van der Waals surface area contributed by atoms with E-state index in [0.29, 0.717) is 19.3 Å². The van der Waals surface area contributed by atoms with E-state index < -0.39 is 6.10 Å². The third kappa shape index (κ3) is 43.4. The summed E-state index contributed by atoms with van der Waals surface area (Å²) in [5.74, 6) is -0.0739. The predicted octanol–water partition coefficient (Wildman–Crippen LogP) is 15.5. The lowest BCUT2D eigenvalue weighted by Gasteiger charge is -2.18. The molecule has 0 fully saturated rings. The Morgan fingerprint density at radius 3 is 0.891 bits per heavy atom. The SMILES string of the molecule is CCCCCCCCCCCCCCCCCCCCC(=O)OC[C@@H](COC(=O)CCCCCCCCCC(C)C)OC(=O)CCCCCCCCCCC. The molecule has 0 aromatic heterocycles. The van der Waals surface area contributed by atoms with Gasteiger partial charge in [-0.25, -0.2) is 0 Å². The van der Waals surface area contributed by atoms with Crippen LogP contribution in [-0.4, -0.2) is 37.2 Å². The van der Waals surface area contributed by atoms with Crippen LogP contribution in [0.5, 0.6) is 0 Å². The van der Waals surface area contributed by atoms with Crippen molar-refractivity contribution in [3.05, 3.63) is 0 Å². The number of ether oxygens (including phenoxy) is 3. The molecule has 6 nitrogen and oxygen atoms in total. The normalized spacial score (nSPS) is 11.9. The number of carbonyl (C=O) groups is 3. The summed E-state index contributed by atoms with van der Waals surface area (Å²) in [5, 5.41) is 0. The first-order chi connectivity index (χ1) is 26.9. The van der Waals surface area contributed by atoms with Gasteiger partial charge in [-0.1, -0.05) is 233 Å². The number of hydrogen-bond acceptors (Lipinski definition) is 6. The van der Waals surface area contributed by atoms with Crippen LogP contribution in [0.2, 0.25) is 0 Å². The molecule has 0 amide bonds. The zero-order valence-corrected chi connectivity index (χ0v) is 37.4. The topological polar surface area (TPSA) is 78.9 Å². The fourth-order valence-corrected chi connectivity index (χ4v) is 7.33. The molecule has 55 heavy (non-hydrogen) atoms. The lowest BCUT2D eigenvalue weighted by molar-refractivity contribution is -0.167. The van der Waals surface area contributed by atoms with Gasteiger partial charge < -0.3 is 14.2 Å². The maximum absolute atomic E-state index is 12.7. The van der Waals surface area contributed by atoms with E-state index in [4.69, 9.17) is 14.2 Å². The van der Waals surface area contributed by atoms with Crippen LogP contribution in [0.1, 0.15) is 272 Å². The molecule has 0 unspecified atom stereocenters. The Morgan fingerprint density at radius 2 is 0.600 bits per heavy atom. The molecule has 0 rings (SSSR count). The molecule has 0 radical (unpaired) electrons. The first-order valence-electron chi connectivity index (χ1n) is 24.4. The highest BCUT2D eigenvalue weighted by Gasteiger charge is 2.19. The third-order valence-corrected chi connectivity index (χ3v) is 11.0. The first-order valence-corrected chi connectivity index (χ1v) is 24.4. The predicted molar refractivity (Wildman–Crippen MR) is 233 cm³/mol. The smallest absolute Gasteiger partial charge is 0.306 e. The molecule has 0 heterocycles. The van der Waals surface area contributed by atoms with Crippen LogP contribution in [0.4, 0.5) is 0 Å². The molecule has 0 aliphatic rings. The van der Waals surface area contributed by atoms with E-state index >= 15 is 0 Å². The Hall–Kier alpha value is -1.59. The molecule has 0 aromatic rings. The summed E-state index contributed by atoms with van der Waals surface area (Å²) >= 11 is 0. The average Bonchev–Trinajstić information content (AvgIpc) is 3.17. The molecule has 0 aromatic carbocycles. The van der Waals surface area contributed by atoms with Gasteiger partial charge in [0.2, 0.25) is 0 Å². The number of hydrogen-bond donors (Lipinski definition) is 0. The van der Waals surface area contributed by atoms with Crippen molar-refractivity contribution in [2.24, 2.45) is 5.92 Å². The highest BCUT2D eigenvalue weighted by Crippen LogP contribution is 2.16. The van der Waals surface area contributed by atoms with E-state index in [1.165, 1.54) is 167 Å². The average molecular weight is 779 g/mol. The molecule has 0 aliphatic heterocycles. The summed E-state index contributed by atoms with van der Waals surface area (Å²) in [5.41, 5.74) is 0. The molecule has 0 spiro atoms. The summed E-state index contributed by atoms with van der Waals surface area (Å²) < 4.78 is 16.7. The monoisotopic (exact) mass is 779 g/mol. The highest BCUT2D eigenvalue weighted by atomic mass is 16.6. The Labute approximate surface area is 342 Å². The first kappa shape index (κ1) is 53.4. The van der Waals surface area contributed by atoms with Crippen LogP contribution >= 0.6 is 0 Å². The molecular weight excluding hydrogens is 685 g/mol. The van der Waals surface area contributed by atoms with Crippen molar-refractivity contribution in [3.63, 3.8) is 0 Å².